The highest BCUT2D eigenvalue weighted by Gasteiger charge is 2.50. The Labute approximate surface area is 101 Å². The summed E-state index contributed by atoms with van der Waals surface area (Å²) in [5, 5.41) is 9.21. The first-order valence-electron chi connectivity index (χ1n) is 5.68. The van der Waals surface area contributed by atoms with Crippen molar-refractivity contribution in [3.05, 3.63) is 24.5 Å². The Bertz CT molecular complexity index is 457. The Morgan fingerprint density at radius 1 is 1.65 bits per heavy atom. The summed E-state index contributed by atoms with van der Waals surface area (Å²) in [6.45, 7) is 2.06. The molecule has 1 amide bonds. The molecule has 0 radical (unpaired) electrons. The topological polar surface area (TPSA) is 57.0 Å². The van der Waals surface area contributed by atoms with Crippen molar-refractivity contribution in [1.29, 1.82) is 5.26 Å². The maximum atomic E-state index is 12.3. The van der Waals surface area contributed by atoms with Crippen LogP contribution >= 0.6 is 0 Å². The zero-order chi connectivity index (χ0) is 12.5. The molecule has 1 aromatic rings. The summed E-state index contributed by atoms with van der Waals surface area (Å²) in [5.74, 6) is 0.340. The van der Waals surface area contributed by atoms with Gasteiger partial charge >= 0.3 is 0 Å². The highest BCUT2D eigenvalue weighted by Crippen LogP contribution is 2.46. The molecule has 0 spiro atoms. The van der Waals surface area contributed by atoms with E-state index in [-0.39, 0.29) is 5.91 Å². The van der Waals surface area contributed by atoms with Gasteiger partial charge in [0.25, 0.3) is 0 Å². The molecule has 1 heterocycles. The zero-order valence-electron chi connectivity index (χ0n) is 10.1. The molecular weight excluding hydrogens is 214 g/mol. The number of hydrogen-bond donors (Lipinski definition) is 0. The third kappa shape index (κ3) is 1.89. The third-order valence-electron chi connectivity index (χ3n) is 3.36. The van der Waals surface area contributed by atoms with Crippen LogP contribution in [0, 0.1) is 22.7 Å². The van der Waals surface area contributed by atoms with Crippen LogP contribution in [-0.2, 0) is 4.79 Å². The van der Waals surface area contributed by atoms with Crippen LogP contribution in [0.25, 0.3) is 0 Å². The molecule has 0 N–H and O–H groups in total. The molecule has 0 bridgehead atoms. The van der Waals surface area contributed by atoms with Gasteiger partial charge in [0.2, 0.25) is 5.91 Å². The first kappa shape index (κ1) is 11.6. The number of rotatable bonds is 2. The van der Waals surface area contributed by atoms with E-state index in [0.717, 1.165) is 5.69 Å². The average Bonchev–Trinajstić information content (AvgIpc) is 2.34. The summed E-state index contributed by atoms with van der Waals surface area (Å²) >= 11 is 0. The molecule has 0 atom stereocenters. The normalized spacial score (nSPS) is 26.8. The summed E-state index contributed by atoms with van der Waals surface area (Å²) in [5.41, 5.74) is -0.0871. The number of amides is 1. The summed E-state index contributed by atoms with van der Waals surface area (Å²) < 4.78 is 0. The van der Waals surface area contributed by atoms with Crippen molar-refractivity contribution >= 4 is 11.6 Å². The van der Waals surface area contributed by atoms with Crippen LogP contribution in [0.5, 0.6) is 0 Å². The number of pyridine rings is 1. The molecule has 17 heavy (non-hydrogen) atoms. The molecule has 88 valence electrons. The predicted octanol–water partition coefficient (Wildman–Crippen LogP) is 1.98. The van der Waals surface area contributed by atoms with Crippen LogP contribution in [0.2, 0.25) is 0 Å². The number of carbonyl (C=O) groups is 1. The van der Waals surface area contributed by atoms with Crippen LogP contribution in [0.4, 0.5) is 5.69 Å². The zero-order valence-corrected chi connectivity index (χ0v) is 10.1. The fourth-order valence-corrected chi connectivity index (χ4v) is 2.43. The van der Waals surface area contributed by atoms with Crippen LogP contribution in [-0.4, -0.2) is 17.9 Å². The van der Waals surface area contributed by atoms with Crippen molar-refractivity contribution in [2.75, 3.05) is 11.9 Å². The molecule has 4 heteroatoms. The van der Waals surface area contributed by atoms with Gasteiger partial charge < -0.3 is 4.90 Å². The van der Waals surface area contributed by atoms with Gasteiger partial charge in [-0.3, -0.25) is 9.78 Å². The Hall–Kier alpha value is -1.89. The summed E-state index contributed by atoms with van der Waals surface area (Å²) in [7, 11) is 1.70. The second-order valence-corrected chi connectivity index (χ2v) is 4.78. The fraction of sp³-hybridized carbons (Fsp3) is 0.462. The van der Waals surface area contributed by atoms with E-state index in [2.05, 4.69) is 18.0 Å². The van der Waals surface area contributed by atoms with Crippen LogP contribution in [0.3, 0.4) is 0 Å². The number of aromatic nitrogens is 1. The SMILES string of the molecule is CC1CC(C#N)(C(=O)N(C)c2cccnc2)C1. The molecule has 1 saturated carbocycles. The molecule has 0 aliphatic heterocycles. The van der Waals surface area contributed by atoms with Gasteiger partial charge in [-0.15, -0.1) is 0 Å². The van der Waals surface area contributed by atoms with Gasteiger partial charge in [-0.1, -0.05) is 6.92 Å². The largest absolute Gasteiger partial charge is 0.313 e. The first-order valence-corrected chi connectivity index (χ1v) is 5.68. The monoisotopic (exact) mass is 229 g/mol. The molecule has 0 saturated heterocycles. The van der Waals surface area contributed by atoms with Gasteiger partial charge in [0.1, 0.15) is 5.41 Å². The molecule has 1 fully saturated rings. The van der Waals surface area contributed by atoms with E-state index in [9.17, 15) is 10.1 Å². The molecule has 4 nitrogen and oxygen atoms in total. The van der Waals surface area contributed by atoms with Crippen molar-refractivity contribution in [3.63, 3.8) is 0 Å². The second-order valence-electron chi connectivity index (χ2n) is 4.78. The van der Waals surface area contributed by atoms with E-state index < -0.39 is 5.41 Å². The fourth-order valence-electron chi connectivity index (χ4n) is 2.43. The Morgan fingerprint density at radius 3 is 2.82 bits per heavy atom. The summed E-state index contributed by atoms with van der Waals surface area (Å²) in [4.78, 5) is 17.8. The lowest BCUT2D eigenvalue weighted by Gasteiger charge is -2.41. The maximum Gasteiger partial charge on any atom is 0.247 e. The first-order chi connectivity index (χ1) is 8.09. The number of carbonyl (C=O) groups excluding carboxylic acids is 1. The number of anilines is 1. The standard InChI is InChI=1S/C13H15N3O/c1-10-6-13(7-10,9-14)12(17)16(2)11-4-3-5-15-8-11/h3-5,8,10H,6-7H2,1-2H3. The van der Waals surface area contributed by atoms with Gasteiger partial charge in [-0.05, 0) is 30.9 Å². The lowest BCUT2D eigenvalue weighted by molar-refractivity contribution is -0.130. The molecule has 2 rings (SSSR count). The number of nitriles is 1. The second kappa shape index (κ2) is 4.17. The van der Waals surface area contributed by atoms with Crippen molar-refractivity contribution in [1.82, 2.24) is 4.98 Å². The predicted molar refractivity (Wildman–Crippen MR) is 64.1 cm³/mol. The number of hydrogen-bond acceptors (Lipinski definition) is 3. The van der Waals surface area contributed by atoms with E-state index in [4.69, 9.17) is 0 Å². The van der Waals surface area contributed by atoms with E-state index in [0.29, 0.717) is 18.8 Å². The Kier molecular flexibility index (Phi) is 2.84. The average molecular weight is 229 g/mol. The van der Waals surface area contributed by atoms with Crippen LogP contribution in [0.15, 0.2) is 24.5 Å². The minimum absolute atomic E-state index is 0.119. The lowest BCUT2D eigenvalue weighted by atomic mass is 9.63. The van der Waals surface area contributed by atoms with Crippen molar-refractivity contribution in [2.24, 2.45) is 11.3 Å². The Morgan fingerprint density at radius 2 is 2.35 bits per heavy atom. The molecule has 0 unspecified atom stereocenters. The quantitative estimate of drug-likeness (QED) is 0.779. The highest BCUT2D eigenvalue weighted by molar-refractivity contribution is 5.99. The van der Waals surface area contributed by atoms with Gasteiger partial charge in [0.15, 0.2) is 0 Å². The summed E-state index contributed by atoms with van der Waals surface area (Å²) in [6, 6.07) is 5.78. The van der Waals surface area contributed by atoms with E-state index in [1.807, 2.05) is 6.07 Å². The van der Waals surface area contributed by atoms with Gasteiger partial charge in [0, 0.05) is 13.2 Å². The van der Waals surface area contributed by atoms with Crippen molar-refractivity contribution in [2.45, 2.75) is 19.8 Å². The molecule has 1 aliphatic carbocycles. The van der Waals surface area contributed by atoms with Crippen LogP contribution in [0.1, 0.15) is 19.8 Å². The molecule has 1 aliphatic rings. The minimum Gasteiger partial charge on any atom is -0.313 e. The Balaban J connectivity index is 2.19. The smallest absolute Gasteiger partial charge is 0.247 e. The van der Waals surface area contributed by atoms with Gasteiger partial charge in [0.05, 0.1) is 18.0 Å². The molecule has 1 aromatic heterocycles. The van der Waals surface area contributed by atoms with Crippen molar-refractivity contribution < 1.29 is 4.79 Å². The summed E-state index contributed by atoms with van der Waals surface area (Å²) in [6.07, 6.45) is 4.61. The third-order valence-corrected chi connectivity index (χ3v) is 3.36. The van der Waals surface area contributed by atoms with E-state index in [1.54, 1.807) is 25.5 Å². The van der Waals surface area contributed by atoms with E-state index in [1.165, 1.54) is 4.90 Å². The van der Waals surface area contributed by atoms with Crippen molar-refractivity contribution in [3.8, 4) is 6.07 Å². The highest BCUT2D eigenvalue weighted by atomic mass is 16.2. The lowest BCUT2D eigenvalue weighted by Crippen LogP contribution is -2.48. The molecular formula is C13H15N3O. The van der Waals surface area contributed by atoms with Gasteiger partial charge in [-0.25, -0.2) is 0 Å². The molecule has 0 aromatic carbocycles. The minimum atomic E-state index is -0.815. The number of nitrogens with zero attached hydrogens (tertiary/aromatic N) is 3. The van der Waals surface area contributed by atoms with E-state index >= 15 is 0 Å². The van der Waals surface area contributed by atoms with Crippen LogP contribution < -0.4 is 4.90 Å². The van der Waals surface area contributed by atoms with Gasteiger partial charge in [-0.2, -0.15) is 5.26 Å². The maximum absolute atomic E-state index is 12.3.